The summed E-state index contributed by atoms with van der Waals surface area (Å²) in [5, 5.41) is 10.2. The highest BCUT2D eigenvalue weighted by molar-refractivity contribution is 5.71. The van der Waals surface area contributed by atoms with E-state index in [9.17, 15) is 5.11 Å². The second-order valence-corrected chi connectivity index (χ2v) is 4.74. The van der Waals surface area contributed by atoms with Crippen LogP contribution in [0.25, 0.3) is 0 Å². The van der Waals surface area contributed by atoms with E-state index in [0.717, 1.165) is 17.8 Å². The van der Waals surface area contributed by atoms with Crippen molar-refractivity contribution < 1.29 is 5.11 Å². The van der Waals surface area contributed by atoms with Crippen LogP contribution in [0, 0.1) is 12.3 Å². The Bertz CT molecular complexity index is 699. The van der Waals surface area contributed by atoms with Gasteiger partial charge in [-0.25, -0.2) is 4.99 Å². The van der Waals surface area contributed by atoms with Gasteiger partial charge in [0.1, 0.15) is 5.75 Å². The van der Waals surface area contributed by atoms with Gasteiger partial charge in [-0.3, -0.25) is 0 Å². The van der Waals surface area contributed by atoms with Crippen LogP contribution in [0.4, 0.5) is 5.69 Å². The zero-order valence-corrected chi connectivity index (χ0v) is 11.0. The predicted octanol–water partition coefficient (Wildman–Crippen LogP) is 3.05. The number of nitrogens with zero attached hydrogens (tertiary/aromatic N) is 2. The number of terminal acetylenes is 1. The Morgan fingerprint density at radius 1 is 1.20 bits per heavy atom. The highest BCUT2D eigenvalue weighted by Crippen LogP contribution is 2.34. The Balaban J connectivity index is 1.87. The van der Waals surface area contributed by atoms with Crippen LogP contribution in [0.15, 0.2) is 47.5 Å². The van der Waals surface area contributed by atoms with Crippen molar-refractivity contribution in [1.29, 1.82) is 0 Å². The van der Waals surface area contributed by atoms with E-state index in [0.29, 0.717) is 12.1 Å². The summed E-state index contributed by atoms with van der Waals surface area (Å²) >= 11 is 0. The monoisotopic (exact) mass is 262 g/mol. The van der Waals surface area contributed by atoms with Crippen molar-refractivity contribution in [3.05, 3.63) is 59.2 Å². The van der Waals surface area contributed by atoms with E-state index in [2.05, 4.69) is 27.9 Å². The number of rotatable bonds is 2. The van der Waals surface area contributed by atoms with Crippen molar-refractivity contribution in [2.45, 2.75) is 13.1 Å². The largest absolute Gasteiger partial charge is 0.506 e. The third-order valence-electron chi connectivity index (χ3n) is 3.36. The minimum absolute atomic E-state index is 0.167. The lowest BCUT2D eigenvalue weighted by Crippen LogP contribution is -2.23. The first kappa shape index (κ1) is 12.3. The summed E-state index contributed by atoms with van der Waals surface area (Å²) < 4.78 is 0. The number of benzene rings is 2. The first-order valence-electron chi connectivity index (χ1n) is 6.41. The molecule has 0 radical (unpaired) electrons. The number of hydrogen-bond acceptors (Lipinski definition) is 3. The number of fused-ring (bicyclic) bond motifs is 1. The highest BCUT2D eigenvalue weighted by Gasteiger charge is 2.17. The predicted molar refractivity (Wildman–Crippen MR) is 79.9 cm³/mol. The van der Waals surface area contributed by atoms with Gasteiger partial charge in [0.05, 0.1) is 24.1 Å². The van der Waals surface area contributed by atoms with Gasteiger partial charge in [-0.15, -0.1) is 6.42 Å². The smallest absolute Gasteiger partial charge is 0.138 e. The van der Waals surface area contributed by atoms with Crippen molar-refractivity contribution in [3.8, 4) is 18.1 Å². The lowest BCUT2D eigenvalue weighted by atomic mass is 10.0. The van der Waals surface area contributed by atoms with Crippen molar-refractivity contribution in [2.24, 2.45) is 4.99 Å². The fourth-order valence-corrected chi connectivity index (χ4v) is 2.32. The van der Waals surface area contributed by atoms with Gasteiger partial charge in [0.2, 0.25) is 0 Å². The Morgan fingerprint density at radius 3 is 2.75 bits per heavy atom. The van der Waals surface area contributed by atoms with E-state index in [4.69, 9.17) is 6.42 Å². The van der Waals surface area contributed by atoms with Crippen molar-refractivity contribution >= 4 is 12.0 Å². The number of hydrogen-bond donors (Lipinski definition) is 1. The molecule has 2 aromatic carbocycles. The fourth-order valence-electron chi connectivity index (χ4n) is 2.32. The summed E-state index contributed by atoms with van der Waals surface area (Å²) in [5.74, 6) is 2.66. The summed E-state index contributed by atoms with van der Waals surface area (Å²) in [6.45, 7) is 1.36. The minimum atomic E-state index is 0.167. The molecule has 0 saturated heterocycles. The van der Waals surface area contributed by atoms with Gasteiger partial charge >= 0.3 is 0 Å². The molecule has 1 aliphatic rings. The zero-order chi connectivity index (χ0) is 13.9. The minimum Gasteiger partial charge on any atom is -0.506 e. The topological polar surface area (TPSA) is 35.8 Å². The first-order valence-corrected chi connectivity index (χ1v) is 6.41. The summed E-state index contributed by atoms with van der Waals surface area (Å²) in [5.41, 5.74) is 3.29. The van der Waals surface area contributed by atoms with Gasteiger partial charge in [0.15, 0.2) is 0 Å². The maximum atomic E-state index is 10.2. The zero-order valence-electron chi connectivity index (χ0n) is 11.0. The molecule has 2 aromatic rings. The molecule has 1 N–H and O–H groups in total. The molecule has 3 rings (SSSR count). The lowest BCUT2D eigenvalue weighted by molar-refractivity contribution is 0.394. The van der Waals surface area contributed by atoms with E-state index in [1.807, 2.05) is 30.6 Å². The quantitative estimate of drug-likeness (QED) is 0.844. The van der Waals surface area contributed by atoms with Crippen LogP contribution in [0.3, 0.4) is 0 Å². The molecule has 3 nitrogen and oxygen atoms in total. The van der Waals surface area contributed by atoms with Crippen LogP contribution in [0.1, 0.15) is 16.7 Å². The van der Waals surface area contributed by atoms with Crippen LogP contribution in [0.5, 0.6) is 5.75 Å². The number of phenols is 1. The maximum Gasteiger partial charge on any atom is 0.138 e. The van der Waals surface area contributed by atoms with Gasteiger partial charge in [0, 0.05) is 12.1 Å². The summed E-state index contributed by atoms with van der Waals surface area (Å²) in [6.07, 6.45) is 7.19. The van der Waals surface area contributed by atoms with Gasteiger partial charge < -0.3 is 10.0 Å². The molecule has 0 aromatic heterocycles. The summed E-state index contributed by atoms with van der Waals surface area (Å²) in [4.78, 5) is 6.43. The second-order valence-electron chi connectivity index (χ2n) is 4.74. The number of phenolic OH excluding ortho intramolecular Hbond substituents is 1. The average molecular weight is 262 g/mol. The van der Waals surface area contributed by atoms with Crippen LogP contribution in [-0.2, 0) is 13.1 Å². The number of aliphatic imine (C=N–C) groups is 1. The van der Waals surface area contributed by atoms with E-state index in [1.54, 1.807) is 6.07 Å². The molecule has 1 heterocycles. The summed E-state index contributed by atoms with van der Waals surface area (Å²) in [6, 6.07) is 13.7. The molecule has 98 valence electrons. The van der Waals surface area contributed by atoms with Crippen LogP contribution in [-0.4, -0.2) is 16.3 Å². The van der Waals surface area contributed by atoms with Gasteiger partial charge in [0.25, 0.3) is 0 Å². The molecule has 0 fully saturated rings. The molecule has 1 aliphatic heterocycles. The van der Waals surface area contributed by atoms with Gasteiger partial charge in [-0.05, 0) is 17.7 Å². The molecule has 0 unspecified atom stereocenters. The fraction of sp³-hybridized carbons (Fsp3) is 0.118. The van der Waals surface area contributed by atoms with Crippen molar-refractivity contribution in [3.63, 3.8) is 0 Å². The average Bonchev–Trinajstić information content (AvgIpc) is 2.49. The van der Waals surface area contributed by atoms with E-state index in [1.165, 1.54) is 5.56 Å². The highest BCUT2D eigenvalue weighted by atomic mass is 16.3. The molecule has 0 spiro atoms. The van der Waals surface area contributed by atoms with Gasteiger partial charge in [-0.2, -0.15) is 0 Å². The Kier molecular flexibility index (Phi) is 3.14. The Hall–Kier alpha value is -2.73. The van der Waals surface area contributed by atoms with E-state index in [-0.39, 0.29) is 5.75 Å². The molecule has 0 atom stereocenters. The standard InChI is InChI=1S/C17H14N2O/c1-2-14-8-9-16-15(17(14)20)11-19(12-18-16)10-13-6-4-3-5-7-13/h1,3-9,12,20H,10-11H2. The van der Waals surface area contributed by atoms with Crippen LogP contribution in [0.2, 0.25) is 0 Å². The molecular formula is C17H14N2O. The lowest BCUT2D eigenvalue weighted by Gasteiger charge is -2.25. The third-order valence-corrected chi connectivity index (χ3v) is 3.36. The molecule has 3 heteroatoms. The number of aromatic hydroxyl groups is 1. The third kappa shape index (κ3) is 2.24. The maximum absolute atomic E-state index is 10.2. The van der Waals surface area contributed by atoms with Crippen molar-refractivity contribution in [1.82, 2.24) is 4.90 Å². The van der Waals surface area contributed by atoms with E-state index < -0.39 is 0 Å². The Morgan fingerprint density at radius 2 is 2.00 bits per heavy atom. The second kappa shape index (κ2) is 5.10. The van der Waals surface area contributed by atoms with Crippen LogP contribution < -0.4 is 0 Å². The molecular weight excluding hydrogens is 248 g/mol. The van der Waals surface area contributed by atoms with Gasteiger partial charge in [-0.1, -0.05) is 36.3 Å². The van der Waals surface area contributed by atoms with Crippen molar-refractivity contribution in [2.75, 3.05) is 0 Å². The Labute approximate surface area is 118 Å². The summed E-state index contributed by atoms with van der Waals surface area (Å²) in [7, 11) is 0. The van der Waals surface area contributed by atoms with Crippen LogP contribution >= 0.6 is 0 Å². The molecule has 0 amide bonds. The molecule has 20 heavy (non-hydrogen) atoms. The molecule has 0 saturated carbocycles. The normalized spacial score (nSPS) is 12.8. The van der Waals surface area contributed by atoms with E-state index >= 15 is 0 Å². The SMILES string of the molecule is C#Cc1ccc2c(c1O)CN(Cc1ccccc1)C=N2. The molecule has 0 aliphatic carbocycles. The first-order chi connectivity index (χ1) is 9.78. The molecule has 0 bridgehead atoms.